The molecule has 0 aliphatic carbocycles. The first-order valence-electron chi connectivity index (χ1n) is 5.35. The highest BCUT2D eigenvalue weighted by atomic mass is 32.1. The number of nitrogens with zero attached hydrogens (tertiary/aromatic N) is 2. The Hall–Kier alpha value is -2.21. The summed E-state index contributed by atoms with van der Waals surface area (Å²) in [5.74, 6) is 0.495. The van der Waals surface area contributed by atoms with Crippen molar-refractivity contribution in [3.8, 4) is 5.69 Å². The first kappa shape index (κ1) is 10.9. The van der Waals surface area contributed by atoms with Crippen molar-refractivity contribution in [2.45, 2.75) is 6.92 Å². The van der Waals surface area contributed by atoms with Crippen LogP contribution in [0, 0.1) is 6.92 Å². The van der Waals surface area contributed by atoms with E-state index >= 15 is 0 Å². The van der Waals surface area contributed by atoms with Crippen LogP contribution in [-0.4, -0.2) is 14.5 Å². The van der Waals surface area contributed by atoms with Gasteiger partial charge in [0.2, 0.25) is 0 Å². The Morgan fingerprint density at radius 3 is 2.67 bits per heavy atom. The second-order valence-electron chi connectivity index (χ2n) is 3.84. The van der Waals surface area contributed by atoms with Crippen molar-refractivity contribution in [1.29, 1.82) is 0 Å². The van der Waals surface area contributed by atoms with Gasteiger partial charge >= 0.3 is 4.87 Å². The fourth-order valence-corrected chi connectivity index (χ4v) is 2.66. The van der Waals surface area contributed by atoms with Crippen LogP contribution in [0.2, 0.25) is 0 Å². The van der Waals surface area contributed by atoms with Crippen LogP contribution in [0.15, 0.2) is 39.9 Å². The van der Waals surface area contributed by atoms with Crippen molar-refractivity contribution >= 4 is 21.7 Å². The lowest BCUT2D eigenvalue weighted by molar-refractivity contribution is 0.997. The molecule has 5 nitrogen and oxygen atoms in total. The molecule has 0 unspecified atom stereocenters. The van der Waals surface area contributed by atoms with Gasteiger partial charge in [-0.1, -0.05) is 29.5 Å². The predicted octanol–water partition coefficient (Wildman–Crippen LogP) is 1.44. The SMILES string of the molecule is Cc1nc2c(sc(=O)n2-c2ccccc2)c(=O)[nH]1. The van der Waals surface area contributed by atoms with Gasteiger partial charge in [-0.3, -0.25) is 14.2 Å². The summed E-state index contributed by atoms with van der Waals surface area (Å²) in [6.45, 7) is 1.69. The molecule has 1 N–H and O–H groups in total. The van der Waals surface area contributed by atoms with Crippen LogP contribution >= 0.6 is 11.3 Å². The lowest BCUT2D eigenvalue weighted by atomic mass is 10.3. The van der Waals surface area contributed by atoms with E-state index in [2.05, 4.69) is 9.97 Å². The standard InChI is InChI=1S/C12H9N3O2S/c1-7-13-10-9(11(16)14-7)18-12(17)15(10)8-5-3-2-4-6-8/h2-6H,1H3,(H,13,14,16). The van der Waals surface area contributed by atoms with Gasteiger partial charge in [-0.15, -0.1) is 0 Å². The smallest absolute Gasteiger partial charge is 0.309 e. The number of thiazole rings is 1. The van der Waals surface area contributed by atoms with E-state index in [4.69, 9.17) is 0 Å². The van der Waals surface area contributed by atoms with Gasteiger partial charge in [-0.05, 0) is 19.1 Å². The van der Waals surface area contributed by atoms with Crippen LogP contribution in [0.3, 0.4) is 0 Å². The zero-order chi connectivity index (χ0) is 12.7. The average Bonchev–Trinajstić information content (AvgIpc) is 2.67. The van der Waals surface area contributed by atoms with Crippen molar-refractivity contribution < 1.29 is 0 Å². The number of aromatic amines is 1. The van der Waals surface area contributed by atoms with Crippen molar-refractivity contribution in [1.82, 2.24) is 14.5 Å². The fourth-order valence-electron chi connectivity index (χ4n) is 1.83. The summed E-state index contributed by atoms with van der Waals surface area (Å²) in [6, 6.07) is 9.17. The van der Waals surface area contributed by atoms with Gasteiger partial charge in [0.15, 0.2) is 5.65 Å². The molecule has 1 aromatic carbocycles. The van der Waals surface area contributed by atoms with Gasteiger partial charge in [0.05, 0.1) is 5.69 Å². The van der Waals surface area contributed by atoms with Gasteiger partial charge < -0.3 is 4.98 Å². The van der Waals surface area contributed by atoms with E-state index in [1.165, 1.54) is 4.57 Å². The molecule has 18 heavy (non-hydrogen) atoms. The lowest BCUT2D eigenvalue weighted by Crippen LogP contribution is -2.13. The zero-order valence-electron chi connectivity index (χ0n) is 9.51. The summed E-state index contributed by atoms with van der Waals surface area (Å²) in [4.78, 5) is 30.4. The van der Waals surface area contributed by atoms with Crippen molar-refractivity contribution in [3.05, 3.63) is 56.2 Å². The normalized spacial score (nSPS) is 10.9. The first-order valence-corrected chi connectivity index (χ1v) is 6.16. The molecule has 0 atom stereocenters. The van der Waals surface area contributed by atoms with E-state index in [-0.39, 0.29) is 10.4 Å². The second-order valence-corrected chi connectivity index (χ2v) is 4.80. The molecular formula is C12H9N3O2S. The highest BCUT2D eigenvalue weighted by Gasteiger charge is 2.13. The molecule has 0 spiro atoms. The van der Waals surface area contributed by atoms with E-state index in [9.17, 15) is 9.59 Å². The third-order valence-electron chi connectivity index (χ3n) is 2.58. The minimum absolute atomic E-state index is 0.209. The molecule has 0 bridgehead atoms. The largest absolute Gasteiger partial charge is 0.314 e. The van der Waals surface area contributed by atoms with Gasteiger partial charge in [-0.2, -0.15) is 0 Å². The minimum atomic E-state index is -0.269. The molecule has 2 heterocycles. The van der Waals surface area contributed by atoms with Crippen LogP contribution in [0.5, 0.6) is 0 Å². The number of para-hydroxylation sites is 1. The highest BCUT2D eigenvalue weighted by molar-refractivity contribution is 7.16. The molecule has 6 heteroatoms. The number of nitrogens with one attached hydrogen (secondary N) is 1. The van der Waals surface area contributed by atoms with Crippen LogP contribution in [0.1, 0.15) is 5.82 Å². The molecular weight excluding hydrogens is 250 g/mol. The van der Waals surface area contributed by atoms with Gasteiger partial charge in [0, 0.05) is 0 Å². The van der Waals surface area contributed by atoms with E-state index < -0.39 is 0 Å². The molecule has 0 saturated heterocycles. The van der Waals surface area contributed by atoms with E-state index in [0.717, 1.165) is 11.3 Å². The van der Waals surface area contributed by atoms with Crippen LogP contribution < -0.4 is 10.4 Å². The predicted molar refractivity (Wildman–Crippen MR) is 70.6 cm³/mol. The number of benzene rings is 1. The third kappa shape index (κ3) is 1.58. The third-order valence-corrected chi connectivity index (χ3v) is 3.50. The highest BCUT2D eigenvalue weighted by Crippen LogP contribution is 2.15. The molecule has 90 valence electrons. The molecule has 0 fully saturated rings. The summed E-state index contributed by atoms with van der Waals surface area (Å²) in [7, 11) is 0. The maximum absolute atomic E-state index is 12.0. The van der Waals surface area contributed by atoms with Crippen LogP contribution in [0.4, 0.5) is 0 Å². The number of hydrogen-bond donors (Lipinski definition) is 1. The Bertz CT molecular complexity index is 830. The van der Waals surface area contributed by atoms with Gasteiger partial charge in [-0.25, -0.2) is 4.98 Å². The number of fused-ring (bicyclic) bond motifs is 1. The Labute approximate surface area is 105 Å². The number of rotatable bonds is 1. The van der Waals surface area contributed by atoms with E-state index in [1.54, 1.807) is 6.92 Å². The number of hydrogen-bond acceptors (Lipinski definition) is 4. The maximum atomic E-state index is 12.0. The average molecular weight is 259 g/mol. The van der Waals surface area contributed by atoms with Crippen LogP contribution in [-0.2, 0) is 0 Å². The summed E-state index contributed by atoms with van der Waals surface area (Å²) in [6.07, 6.45) is 0. The first-order chi connectivity index (χ1) is 8.66. The van der Waals surface area contributed by atoms with Crippen molar-refractivity contribution in [3.63, 3.8) is 0 Å². The molecule has 3 aromatic rings. The Morgan fingerprint density at radius 2 is 1.94 bits per heavy atom. The molecule has 2 aromatic heterocycles. The summed E-state index contributed by atoms with van der Waals surface area (Å²) in [5, 5.41) is 0. The molecule has 0 radical (unpaired) electrons. The molecule has 0 saturated carbocycles. The van der Waals surface area contributed by atoms with Gasteiger partial charge in [0.25, 0.3) is 5.56 Å². The number of H-pyrrole nitrogens is 1. The monoisotopic (exact) mass is 259 g/mol. The zero-order valence-corrected chi connectivity index (χ0v) is 10.3. The fraction of sp³-hybridized carbons (Fsp3) is 0.0833. The number of aromatic nitrogens is 3. The number of aryl methyl sites for hydroxylation is 1. The summed E-state index contributed by atoms with van der Waals surface area (Å²) in [5.41, 5.74) is 0.859. The molecule has 3 rings (SSSR count). The Kier molecular flexibility index (Phi) is 2.38. The Balaban J connectivity index is 2.47. The van der Waals surface area contributed by atoms with E-state index in [1.807, 2.05) is 30.3 Å². The van der Waals surface area contributed by atoms with E-state index in [0.29, 0.717) is 21.9 Å². The summed E-state index contributed by atoms with van der Waals surface area (Å²) < 4.78 is 1.82. The topological polar surface area (TPSA) is 67.8 Å². The molecule has 0 amide bonds. The quantitative estimate of drug-likeness (QED) is 0.719. The molecule has 0 aliphatic rings. The van der Waals surface area contributed by atoms with Crippen molar-refractivity contribution in [2.75, 3.05) is 0 Å². The second kappa shape index (κ2) is 3.92. The lowest BCUT2D eigenvalue weighted by Gasteiger charge is -2.02. The van der Waals surface area contributed by atoms with Crippen LogP contribution in [0.25, 0.3) is 16.0 Å². The maximum Gasteiger partial charge on any atom is 0.314 e. The van der Waals surface area contributed by atoms with Crippen molar-refractivity contribution in [2.24, 2.45) is 0 Å². The minimum Gasteiger partial charge on any atom is -0.309 e. The Morgan fingerprint density at radius 1 is 1.22 bits per heavy atom. The summed E-state index contributed by atoms with van der Waals surface area (Å²) >= 11 is 0.910. The molecule has 0 aliphatic heterocycles. The van der Waals surface area contributed by atoms with Gasteiger partial charge in [0.1, 0.15) is 10.5 Å².